The van der Waals surface area contributed by atoms with Crippen LogP contribution in [0.25, 0.3) is 10.8 Å². The summed E-state index contributed by atoms with van der Waals surface area (Å²) in [5, 5.41) is 1.87. The Morgan fingerprint density at radius 2 is 2.20 bits per heavy atom. The van der Waals surface area contributed by atoms with E-state index in [0.29, 0.717) is 5.56 Å². The van der Waals surface area contributed by atoms with Crippen molar-refractivity contribution in [3.05, 3.63) is 42.2 Å². The zero-order valence-corrected chi connectivity index (χ0v) is 8.47. The monoisotopic (exact) mass is 200 g/mol. The second-order valence-electron chi connectivity index (χ2n) is 3.56. The summed E-state index contributed by atoms with van der Waals surface area (Å²) in [6, 6.07) is 6.95. The first-order valence-corrected chi connectivity index (χ1v) is 4.82. The first kappa shape index (κ1) is 9.80. The molecule has 2 rings (SSSR count). The van der Waals surface area contributed by atoms with Gasteiger partial charge >= 0.3 is 0 Å². The van der Waals surface area contributed by atoms with Gasteiger partial charge in [-0.2, -0.15) is 0 Å². The number of carbonyl (C=O) groups excluding carboxylic acids is 1. The highest BCUT2D eigenvalue weighted by atomic mass is 16.1. The molecule has 0 fully saturated rings. The number of pyridine rings is 1. The minimum Gasteiger partial charge on any atom is -0.321 e. The number of nitrogens with two attached hydrogens (primary N) is 1. The van der Waals surface area contributed by atoms with E-state index in [9.17, 15) is 4.79 Å². The Hall–Kier alpha value is -1.74. The zero-order valence-electron chi connectivity index (χ0n) is 8.47. The van der Waals surface area contributed by atoms with Gasteiger partial charge in [-0.3, -0.25) is 9.78 Å². The smallest absolute Gasteiger partial charge is 0.179 e. The summed E-state index contributed by atoms with van der Waals surface area (Å²) in [6.45, 7) is 1.70. The van der Waals surface area contributed by atoms with Crippen LogP contribution in [0.1, 0.15) is 17.3 Å². The van der Waals surface area contributed by atoms with Crippen molar-refractivity contribution in [2.45, 2.75) is 13.0 Å². The Balaban J connectivity index is 2.66. The fourth-order valence-corrected chi connectivity index (χ4v) is 1.58. The van der Waals surface area contributed by atoms with Gasteiger partial charge in [0.2, 0.25) is 0 Å². The molecule has 1 atom stereocenters. The zero-order chi connectivity index (χ0) is 10.8. The Kier molecular flexibility index (Phi) is 2.47. The van der Waals surface area contributed by atoms with Gasteiger partial charge in [0.1, 0.15) is 0 Å². The highest BCUT2D eigenvalue weighted by molar-refractivity contribution is 6.10. The van der Waals surface area contributed by atoms with Crippen LogP contribution in [0.15, 0.2) is 36.7 Å². The molecule has 0 bridgehead atoms. The first-order valence-electron chi connectivity index (χ1n) is 4.82. The summed E-state index contributed by atoms with van der Waals surface area (Å²) in [5.41, 5.74) is 6.27. The van der Waals surface area contributed by atoms with Gasteiger partial charge < -0.3 is 5.73 Å². The fraction of sp³-hybridized carbons (Fsp3) is 0.167. The summed E-state index contributed by atoms with van der Waals surface area (Å²) < 4.78 is 0. The SMILES string of the molecule is CC(N)C(=O)c1cccc2cnccc12. The molecule has 1 aromatic carbocycles. The molecular formula is C12H12N2O. The largest absolute Gasteiger partial charge is 0.321 e. The van der Waals surface area contributed by atoms with E-state index in [1.54, 1.807) is 25.4 Å². The number of benzene rings is 1. The number of Topliss-reactive ketones (excluding diaryl/α,β-unsaturated/α-hetero) is 1. The van der Waals surface area contributed by atoms with Crippen LogP contribution in [0, 0.1) is 0 Å². The van der Waals surface area contributed by atoms with E-state index in [-0.39, 0.29) is 5.78 Å². The van der Waals surface area contributed by atoms with Gasteiger partial charge in [-0.1, -0.05) is 18.2 Å². The van der Waals surface area contributed by atoms with Crippen molar-refractivity contribution in [1.82, 2.24) is 4.98 Å². The van der Waals surface area contributed by atoms with E-state index in [0.717, 1.165) is 10.8 Å². The standard InChI is InChI=1S/C12H12N2O/c1-8(13)12(15)11-4-2-3-9-7-14-6-5-10(9)11/h2-8H,13H2,1H3. The van der Waals surface area contributed by atoms with E-state index in [1.165, 1.54) is 0 Å². The van der Waals surface area contributed by atoms with Crippen LogP contribution in [0.5, 0.6) is 0 Å². The van der Waals surface area contributed by atoms with Gasteiger partial charge in [-0.25, -0.2) is 0 Å². The molecule has 15 heavy (non-hydrogen) atoms. The highest BCUT2D eigenvalue weighted by Gasteiger charge is 2.13. The fourth-order valence-electron chi connectivity index (χ4n) is 1.58. The number of ketones is 1. The molecule has 0 amide bonds. The molecule has 0 radical (unpaired) electrons. The van der Waals surface area contributed by atoms with Gasteiger partial charge in [-0.05, 0) is 18.4 Å². The minimum atomic E-state index is -0.469. The van der Waals surface area contributed by atoms with Crippen molar-refractivity contribution in [2.24, 2.45) is 5.73 Å². The van der Waals surface area contributed by atoms with E-state index in [2.05, 4.69) is 4.98 Å². The Morgan fingerprint density at radius 3 is 2.93 bits per heavy atom. The van der Waals surface area contributed by atoms with E-state index < -0.39 is 6.04 Å². The van der Waals surface area contributed by atoms with Crippen molar-refractivity contribution in [3.8, 4) is 0 Å². The van der Waals surface area contributed by atoms with Crippen molar-refractivity contribution in [1.29, 1.82) is 0 Å². The number of aromatic nitrogens is 1. The lowest BCUT2D eigenvalue weighted by molar-refractivity contribution is 0.0969. The van der Waals surface area contributed by atoms with Crippen LogP contribution in [-0.4, -0.2) is 16.8 Å². The molecule has 0 spiro atoms. The molecule has 3 heteroatoms. The number of carbonyl (C=O) groups is 1. The summed E-state index contributed by atoms with van der Waals surface area (Å²) in [6.07, 6.45) is 3.42. The first-order chi connectivity index (χ1) is 7.20. The maximum Gasteiger partial charge on any atom is 0.179 e. The Labute approximate surface area is 87.9 Å². The van der Waals surface area contributed by atoms with Crippen molar-refractivity contribution in [3.63, 3.8) is 0 Å². The predicted molar refractivity (Wildman–Crippen MR) is 59.7 cm³/mol. The van der Waals surface area contributed by atoms with Crippen LogP contribution < -0.4 is 5.73 Å². The lowest BCUT2D eigenvalue weighted by atomic mass is 10.00. The Bertz CT molecular complexity index is 500. The maximum atomic E-state index is 11.8. The normalized spacial score (nSPS) is 12.7. The number of nitrogens with zero attached hydrogens (tertiary/aromatic N) is 1. The molecule has 3 nitrogen and oxygen atoms in total. The molecule has 0 saturated carbocycles. The number of rotatable bonds is 2. The third-order valence-electron chi connectivity index (χ3n) is 2.36. The third kappa shape index (κ3) is 1.74. The Morgan fingerprint density at radius 1 is 1.40 bits per heavy atom. The number of fused-ring (bicyclic) bond motifs is 1. The van der Waals surface area contributed by atoms with E-state index in [4.69, 9.17) is 5.73 Å². The molecule has 0 aliphatic rings. The number of hydrogen-bond donors (Lipinski definition) is 1. The molecule has 1 aromatic heterocycles. The quantitative estimate of drug-likeness (QED) is 0.751. The average molecular weight is 200 g/mol. The minimum absolute atomic E-state index is 0.0354. The van der Waals surface area contributed by atoms with E-state index >= 15 is 0 Å². The summed E-state index contributed by atoms with van der Waals surface area (Å²) >= 11 is 0. The molecule has 2 N–H and O–H groups in total. The molecule has 2 aromatic rings. The number of hydrogen-bond acceptors (Lipinski definition) is 3. The van der Waals surface area contributed by atoms with Gasteiger partial charge in [0.25, 0.3) is 0 Å². The third-order valence-corrected chi connectivity index (χ3v) is 2.36. The lowest BCUT2D eigenvalue weighted by Crippen LogP contribution is -2.26. The van der Waals surface area contributed by atoms with Crippen LogP contribution in [0.4, 0.5) is 0 Å². The second kappa shape index (κ2) is 3.79. The highest BCUT2D eigenvalue weighted by Crippen LogP contribution is 2.18. The van der Waals surface area contributed by atoms with Gasteiger partial charge in [0, 0.05) is 23.3 Å². The van der Waals surface area contributed by atoms with Crippen molar-refractivity contribution < 1.29 is 4.79 Å². The summed E-state index contributed by atoms with van der Waals surface area (Å²) in [4.78, 5) is 15.8. The van der Waals surface area contributed by atoms with Crippen LogP contribution >= 0.6 is 0 Å². The molecule has 0 aliphatic heterocycles. The van der Waals surface area contributed by atoms with Gasteiger partial charge in [0.15, 0.2) is 5.78 Å². The maximum absolute atomic E-state index is 11.8. The van der Waals surface area contributed by atoms with E-state index in [1.807, 2.05) is 18.2 Å². The summed E-state index contributed by atoms with van der Waals surface area (Å²) in [5.74, 6) is -0.0354. The molecule has 0 aliphatic carbocycles. The van der Waals surface area contributed by atoms with Crippen LogP contribution in [0.3, 0.4) is 0 Å². The summed E-state index contributed by atoms with van der Waals surface area (Å²) in [7, 11) is 0. The molecule has 1 heterocycles. The average Bonchev–Trinajstić information content (AvgIpc) is 2.27. The molecular weight excluding hydrogens is 188 g/mol. The van der Waals surface area contributed by atoms with Crippen molar-refractivity contribution in [2.75, 3.05) is 0 Å². The molecule has 1 unspecified atom stereocenters. The van der Waals surface area contributed by atoms with Crippen molar-refractivity contribution >= 4 is 16.6 Å². The predicted octanol–water partition coefficient (Wildman–Crippen LogP) is 1.76. The van der Waals surface area contributed by atoms with Crippen LogP contribution in [-0.2, 0) is 0 Å². The van der Waals surface area contributed by atoms with Gasteiger partial charge in [-0.15, -0.1) is 0 Å². The van der Waals surface area contributed by atoms with Gasteiger partial charge in [0.05, 0.1) is 6.04 Å². The molecule has 0 saturated heterocycles. The second-order valence-corrected chi connectivity index (χ2v) is 3.56. The van der Waals surface area contributed by atoms with Crippen LogP contribution in [0.2, 0.25) is 0 Å². The lowest BCUT2D eigenvalue weighted by Gasteiger charge is -2.07. The molecule has 76 valence electrons. The topological polar surface area (TPSA) is 56.0 Å².